The van der Waals surface area contributed by atoms with Gasteiger partial charge in [0.25, 0.3) is 12.1 Å². The Morgan fingerprint density at radius 2 is 1.94 bits per heavy atom. The molecule has 2 N–H and O–H groups in total. The highest BCUT2D eigenvalue weighted by molar-refractivity contribution is 5.74. The van der Waals surface area contributed by atoms with Crippen molar-refractivity contribution in [2.45, 2.75) is 26.2 Å². The normalized spacial score (nSPS) is 13.6. The van der Waals surface area contributed by atoms with Crippen LogP contribution in [0.4, 0.5) is 19.1 Å². The number of nitrogens with zero attached hydrogens (tertiary/aromatic N) is 6. The van der Waals surface area contributed by atoms with Gasteiger partial charge in [0.2, 0.25) is 5.95 Å². The van der Waals surface area contributed by atoms with Crippen LogP contribution in [-0.2, 0) is 24.9 Å². The molecule has 31 heavy (non-hydrogen) atoms. The van der Waals surface area contributed by atoms with E-state index in [0.29, 0.717) is 23.5 Å². The smallest absolute Gasteiger partial charge is 0.475 e. The number of carboxylic acid groups (broad SMARTS) is 1. The van der Waals surface area contributed by atoms with Gasteiger partial charge in [-0.15, -0.1) is 5.92 Å². The minimum atomic E-state index is -5.08. The number of aromatic nitrogens is 4. The first-order valence-electron chi connectivity index (χ1n) is 9.06. The standard InChI is InChI=1S/C16H19N7O.C2HF3O2/c1-4-5-8-23-13-14(19-12(11-17-2)21(3)15(13)24)20-16(23)22-9-6-18-7-10-22;3-2(4,5)1(6)7/h18H,6-11H2,1,3H3;(H,6,7). The summed E-state index contributed by atoms with van der Waals surface area (Å²) >= 11 is 0. The summed E-state index contributed by atoms with van der Waals surface area (Å²) in [7, 11) is 1.64. The Labute approximate surface area is 175 Å². The van der Waals surface area contributed by atoms with Crippen LogP contribution in [0, 0.1) is 18.4 Å². The van der Waals surface area contributed by atoms with E-state index in [9.17, 15) is 18.0 Å². The number of imidazole rings is 1. The van der Waals surface area contributed by atoms with Gasteiger partial charge < -0.3 is 20.2 Å². The van der Waals surface area contributed by atoms with Crippen molar-refractivity contribution in [3.8, 4) is 11.8 Å². The summed E-state index contributed by atoms with van der Waals surface area (Å²) in [5.41, 5.74) is 0.649. The van der Waals surface area contributed by atoms with E-state index in [0.717, 1.165) is 32.1 Å². The number of aliphatic carboxylic acids is 1. The lowest BCUT2D eigenvalue weighted by Gasteiger charge is -2.28. The molecule has 1 saturated heterocycles. The van der Waals surface area contributed by atoms with E-state index in [1.54, 1.807) is 14.0 Å². The summed E-state index contributed by atoms with van der Waals surface area (Å²) in [6.07, 6.45) is -5.08. The maximum atomic E-state index is 12.8. The predicted molar refractivity (Wildman–Crippen MR) is 105 cm³/mol. The zero-order valence-corrected chi connectivity index (χ0v) is 16.8. The topological polar surface area (TPSA) is 110 Å². The maximum absolute atomic E-state index is 12.8. The number of carbonyl (C=O) groups is 1. The number of hydrogen-bond donors (Lipinski definition) is 2. The molecule has 0 radical (unpaired) electrons. The van der Waals surface area contributed by atoms with Gasteiger partial charge >= 0.3 is 12.1 Å². The Morgan fingerprint density at radius 3 is 2.45 bits per heavy atom. The molecule has 166 valence electrons. The third kappa shape index (κ3) is 5.52. The summed E-state index contributed by atoms with van der Waals surface area (Å²) in [4.78, 5) is 36.2. The lowest BCUT2D eigenvalue weighted by atomic mass is 10.4. The van der Waals surface area contributed by atoms with E-state index >= 15 is 0 Å². The minimum absolute atomic E-state index is 0.0618. The highest BCUT2D eigenvalue weighted by Crippen LogP contribution is 2.20. The third-order valence-corrected chi connectivity index (χ3v) is 4.34. The molecule has 0 aromatic carbocycles. The van der Waals surface area contributed by atoms with E-state index < -0.39 is 12.1 Å². The first-order valence-corrected chi connectivity index (χ1v) is 9.06. The summed E-state index contributed by atoms with van der Waals surface area (Å²) in [5.74, 6) is 4.28. The lowest BCUT2D eigenvalue weighted by molar-refractivity contribution is -0.192. The largest absolute Gasteiger partial charge is 0.490 e. The van der Waals surface area contributed by atoms with Crippen molar-refractivity contribution in [1.29, 1.82) is 0 Å². The van der Waals surface area contributed by atoms with E-state index in [1.807, 2.05) is 4.57 Å². The van der Waals surface area contributed by atoms with Gasteiger partial charge in [0.05, 0.1) is 6.54 Å². The molecule has 10 nitrogen and oxygen atoms in total. The third-order valence-electron chi connectivity index (χ3n) is 4.34. The molecule has 0 amide bonds. The molecule has 0 spiro atoms. The van der Waals surface area contributed by atoms with Gasteiger partial charge in [0, 0.05) is 33.2 Å². The van der Waals surface area contributed by atoms with Crippen LogP contribution in [0.5, 0.6) is 0 Å². The number of alkyl halides is 3. The molecule has 3 heterocycles. The monoisotopic (exact) mass is 439 g/mol. The number of halogens is 3. The number of fused-ring (bicyclic) bond motifs is 1. The molecule has 0 saturated carbocycles. The molecule has 2 aromatic heterocycles. The first-order chi connectivity index (χ1) is 14.6. The predicted octanol–water partition coefficient (Wildman–Crippen LogP) is 0.615. The number of piperazine rings is 1. The molecule has 0 unspecified atom stereocenters. The van der Waals surface area contributed by atoms with Gasteiger partial charge in [0.15, 0.2) is 17.0 Å². The van der Waals surface area contributed by atoms with Crippen LogP contribution in [0.25, 0.3) is 16.0 Å². The number of rotatable bonds is 3. The number of carboxylic acids is 1. The van der Waals surface area contributed by atoms with Crippen molar-refractivity contribution in [3.63, 3.8) is 0 Å². The van der Waals surface area contributed by atoms with E-state index in [4.69, 9.17) is 16.5 Å². The number of anilines is 1. The van der Waals surface area contributed by atoms with E-state index in [2.05, 4.69) is 36.9 Å². The lowest BCUT2D eigenvalue weighted by Crippen LogP contribution is -2.44. The van der Waals surface area contributed by atoms with Gasteiger partial charge in [-0.1, -0.05) is 5.92 Å². The fourth-order valence-electron chi connectivity index (χ4n) is 2.82. The van der Waals surface area contributed by atoms with Crippen molar-refractivity contribution < 1.29 is 23.1 Å². The average molecular weight is 439 g/mol. The van der Waals surface area contributed by atoms with E-state index in [-0.39, 0.29) is 12.1 Å². The molecular formula is C18H20F3N7O3. The molecule has 0 atom stereocenters. The highest BCUT2D eigenvalue weighted by Gasteiger charge is 2.38. The Morgan fingerprint density at radius 1 is 1.32 bits per heavy atom. The van der Waals surface area contributed by atoms with Crippen molar-refractivity contribution in [1.82, 2.24) is 24.4 Å². The quantitative estimate of drug-likeness (QED) is 0.533. The maximum Gasteiger partial charge on any atom is 0.490 e. The van der Waals surface area contributed by atoms with Crippen molar-refractivity contribution >= 4 is 23.1 Å². The van der Waals surface area contributed by atoms with Crippen molar-refractivity contribution in [2.24, 2.45) is 7.05 Å². The van der Waals surface area contributed by atoms with Gasteiger partial charge in [-0.2, -0.15) is 18.2 Å². The van der Waals surface area contributed by atoms with Gasteiger partial charge in [-0.3, -0.25) is 13.9 Å². The van der Waals surface area contributed by atoms with Crippen molar-refractivity contribution in [2.75, 3.05) is 31.1 Å². The summed E-state index contributed by atoms with van der Waals surface area (Å²) in [6.45, 7) is 12.6. The zero-order chi connectivity index (χ0) is 23.2. The Balaban J connectivity index is 0.000000423. The molecular weight excluding hydrogens is 419 g/mol. The molecule has 3 rings (SSSR count). The van der Waals surface area contributed by atoms with Gasteiger partial charge in [-0.25, -0.2) is 16.4 Å². The Hall–Kier alpha value is -3.58. The molecule has 1 aliphatic rings. The number of nitrogens with one attached hydrogen (secondary N) is 1. The number of hydrogen-bond acceptors (Lipinski definition) is 6. The second kappa shape index (κ2) is 9.95. The van der Waals surface area contributed by atoms with Crippen LogP contribution in [-0.4, -0.2) is 62.5 Å². The molecule has 0 aliphatic carbocycles. The van der Waals surface area contributed by atoms with Crippen LogP contribution in [0.1, 0.15) is 12.7 Å². The van der Waals surface area contributed by atoms with Crippen LogP contribution in [0.15, 0.2) is 4.79 Å². The summed E-state index contributed by atoms with van der Waals surface area (Å²) in [6, 6.07) is 0. The fourth-order valence-corrected chi connectivity index (χ4v) is 2.82. The van der Waals surface area contributed by atoms with Crippen LogP contribution >= 0.6 is 0 Å². The van der Waals surface area contributed by atoms with E-state index in [1.165, 1.54) is 4.57 Å². The summed E-state index contributed by atoms with van der Waals surface area (Å²) in [5, 5.41) is 10.4. The Bertz CT molecular complexity index is 1110. The second-order valence-corrected chi connectivity index (χ2v) is 6.35. The molecule has 1 aliphatic heterocycles. The minimum Gasteiger partial charge on any atom is -0.475 e. The summed E-state index contributed by atoms with van der Waals surface area (Å²) < 4.78 is 35.0. The van der Waals surface area contributed by atoms with Crippen LogP contribution < -0.4 is 15.8 Å². The molecule has 2 aromatic rings. The second-order valence-electron chi connectivity index (χ2n) is 6.35. The van der Waals surface area contributed by atoms with Crippen LogP contribution in [0.3, 0.4) is 0 Å². The Kier molecular flexibility index (Phi) is 7.61. The molecule has 13 heteroatoms. The molecule has 1 fully saturated rings. The van der Waals surface area contributed by atoms with Crippen molar-refractivity contribution in [3.05, 3.63) is 27.6 Å². The van der Waals surface area contributed by atoms with Crippen LogP contribution in [0.2, 0.25) is 0 Å². The first kappa shape index (κ1) is 23.7. The van der Waals surface area contributed by atoms with Gasteiger partial charge in [-0.05, 0) is 6.92 Å². The highest BCUT2D eigenvalue weighted by atomic mass is 19.4. The average Bonchev–Trinajstić information content (AvgIpc) is 3.09. The molecule has 0 bridgehead atoms. The fraction of sp³-hybridized carbons (Fsp3) is 0.500. The zero-order valence-electron chi connectivity index (χ0n) is 16.8. The SMILES string of the molecule is O=C(O)C(F)(F)F.[C-]#[N+]Cc1nc2nc(N3CCNCC3)n(CC#CC)c2c(=O)n1C. The van der Waals surface area contributed by atoms with Gasteiger partial charge in [0.1, 0.15) is 0 Å².